The van der Waals surface area contributed by atoms with E-state index in [1.807, 2.05) is 12.1 Å². The van der Waals surface area contributed by atoms with Crippen LogP contribution in [0.15, 0.2) is 84.9 Å². The Bertz CT molecular complexity index is 783. The smallest absolute Gasteiger partial charge is 0.0861 e. The topological polar surface area (TPSA) is 52.0 Å². The van der Waals surface area contributed by atoms with Gasteiger partial charge in [-0.3, -0.25) is 0 Å². The van der Waals surface area contributed by atoms with Crippen molar-refractivity contribution in [1.82, 2.24) is 0 Å². The van der Waals surface area contributed by atoms with Crippen LogP contribution in [0.25, 0.3) is 0 Å². The van der Waals surface area contributed by atoms with Gasteiger partial charge in [-0.25, -0.2) is 0 Å². The molecule has 0 fully saturated rings. The second-order valence-electron chi connectivity index (χ2n) is 6.36. The molecule has 0 radical (unpaired) electrons. The zero-order chi connectivity index (χ0) is 15.9. The fourth-order valence-electron chi connectivity index (χ4n) is 4.13. The Balaban J connectivity index is 2.12. The van der Waals surface area contributed by atoms with Gasteiger partial charge in [-0.15, -0.1) is 0 Å². The minimum Gasteiger partial charge on any atom is -0.312 e. The Labute approximate surface area is 136 Å². The van der Waals surface area contributed by atoms with Crippen LogP contribution in [0, 0.1) is 0 Å². The molecule has 3 aromatic carbocycles. The van der Waals surface area contributed by atoms with Gasteiger partial charge in [0.25, 0.3) is 0 Å². The first-order valence-electron chi connectivity index (χ1n) is 7.93. The molecule has 1 aliphatic carbocycles. The van der Waals surface area contributed by atoms with Crippen LogP contribution in [-0.4, -0.2) is 5.66 Å². The van der Waals surface area contributed by atoms with Gasteiger partial charge < -0.3 is 11.5 Å². The molecule has 4 rings (SSSR count). The summed E-state index contributed by atoms with van der Waals surface area (Å²) in [6, 6.07) is 29.2. The van der Waals surface area contributed by atoms with Crippen LogP contribution >= 0.6 is 0 Å². The van der Waals surface area contributed by atoms with Gasteiger partial charge >= 0.3 is 0 Å². The minimum absolute atomic E-state index is 0.536. The van der Waals surface area contributed by atoms with E-state index in [4.69, 9.17) is 11.5 Å². The molecule has 0 saturated heterocycles. The van der Waals surface area contributed by atoms with Gasteiger partial charge in [0.1, 0.15) is 0 Å². The van der Waals surface area contributed by atoms with Crippen molar-refractivity contribution < 1.29 is 0 Å². The van der Waals surface area contributed by atoms with Crippen molar-refractivity contribution in [3.8, 4) is 0 Å². The van der Waals surface area contributed by atoms with E-state index in [0.717, 1.165) is 11.1 Å². The van der Waals surface area contributed by atoms with Crippen LogP contribution in [0.2, 0.25) is 0 Å². The predicted octanol–water partition coefficient (Wildman–Crippen LogP) is 3.19. The molecular weight excluding hydrogens is 280 g/mol. The van der Waals surface area contributed by atoms with Crippen molar-refractivity contribution in [3.05, 3.63) is 107 Å². The number of rotatable bonds is 2. The molecular formula is C21H20N2. The maximum atomic E-state index is 6.75. The van der Waals surface area contributed by atoms with E-state index in [0.29, 0.717) is 6.42 Å². The molecule has 0 bridgehead atoms. The Morgan fingerprint density at radius 3 is 1.65 bits per heavy atom. The van der Waals surface area contributed by atoms with Crippen LogP contribution in [0.5, 0.6) is 0 Å². The number of fused-ring (bicyclic) bond motifs is 1. The zero-order valence-electron chi connectivity index (χ0n) is 12.9. The van der Waals surface area contributed by atoms with E-state index in [-0.39, 0.29) is 0 Å². The third kappa shape index (κ3) is 1.89. The van der Waals surface area contributed by atoms with E-state index >= 15 is 0 Å². The molecule has 1 aliphatic rings. The van der Waals surface area contributed by atoms with Crippen molar-refractivity contribution in [2.75, 3.05) is 0 Å². The summed E-state index contributed by atoms with van der Waals surface area (Å²) in [7, 11) is 0. The monoisotopic (exact) mass is 300 g/mol. The average molecular weight is 300 g/mol. The SMILES string of the molecule is NC1(N)Cc2ccccc2C1(c1ccccc1)c1ccccc1. The summed E-state index contributed by atoms with van der Waals surface area (Å²) in [4.78, 5) is 0. The van der Waals surface area contributed by atoms with Gasteiger partial charge in [-0.05, 0) is 22.3 Å². The standard InChI is InChI=1S/C21H20N2/c22-20(23)15-16-9-7-8-14-19(16)21(20,17-10-3-1-4-11-17)18-12-5-2-6-13-18/h1-14H,15,22-23H2. The highest BCUT2D eigenvalue weighted by molar-refractivity contribution is 5.60. The van der Waals surface area contributed by atoms with Gasteiger partial charge in [0.05, 0.1) is 11.1 Å². The Hall–Kier alpha value is -2.42. The third-order valence-corrected chi connectivity index (χ3v) is 5.02. The lowest BCUT2D eigenvalue weighted by Crippen LogP contribution is -2.64. The normalized spacial score (nSPS) is 17.7. The Morgan fingerprint density at radius 1 is 0.609 bits per heavy atom. The van der Waals surface area contributed by atoms with E-state index in [1.165, 1.54) is 11.1 Å². The van der Waals surface area contributed by atoms with Crippen LogP contribution in [0.3, 0.4) is 0 Å². The highest BCUT2D eigenvalue weighted by Gasteiger charge is 2.55. The zero-order valence-corrected chi connectivity index (χ0v) is 12.9. The van der Waals surface area contributed by atoms with Crippen molar-refractivity contribution in [1.29, 1.82) is 0 Å². The van der Waals surface area contributed by atoms with E-state index in [1.54, 1.807) is 0 Å². The van der Waals surface area contributed by atoms with Gasteiger partial charge in [0.15, 0.2) is 0 Å². The van der Waals surface area contributed by atoms with E-state index in [9.17, 15) is 0 Å². The van der Waals surface area contributed by atoms with Crippen LogP contribution in [0.4, 0.5) is 0 Å². The molecule has 0 unspecified atom stereocenters. The number of hydrogen-bond acceptors (Lipinski definition) is 2. The minimum atomic E-state index is -0.876. The molecule has 0 atom stereocenters. The summed E-state index contributed by atoms with van der Waals surface area (Å²) in [5, 5.41) is 0. The lowest BCUT2D eigenvalue weighted by atomic mass is 9.65. The molecule has 0 amide bonds. The van der Waals surface area contributed by atoms with Crippen molar-refractivity contribution >= 4 is 0 Å². The van der Waals surface area contributed by atoms with Gasteiger partial charge in [0, 0.05) is 6.42 Å². The van der Waals surface area contributed by atoms with Crippen molar-refractivity contribution in [2.45, 2.75) is 17.5 Å². The Morgan fingerprint density at radius 2 is 1.09 bits per heavy atom. The molecule has 3 aromatic rings. The largest absolute Gasteiger partial charge is 0.312 e. The Kier molecular flexibility index (Phi) is 3.12. The first kappa shape index (κ1) is 14.2. The summed E-state index contributed by atoms with van der Waals surface area (Å²) in [6.07, 6.45) is 0.660. The second kappa shape index (κ2) is 5.05. The molecule has 0 spiro atoms. The fraction of sp³-hybridized carbons (Fsp3) is 0.143. The van der Waals surface area contributed by atoms with Crippen molar-refractivity contribution in [3.63, 3.8) is 0 Å². The fourth-order valence-corrected chi connectivity index (χ4v) is 4.13. The van der Waals surface area contributed by atoms with Gasteiger partial charge in [0.2, 0.25) is 0 Å². The number of nitrogens with two attached hydrogens (primary N) is 2. The van der Waals surface area contributed by atoms with Crippen molar-refractivity contribution in [2.24, 2.45) is 11.5 Å². The van der Waals surface area contributed by atoms with E-state index in [2.05, 4.69) is 72.8 Å². The summed E-state index contributed by atoms with van der Waals surface area (Å²) in [5.74, 6) is 0. The average Bonchev–Trinajstić information content (AvgIpc) is 2.83. The van der Waals surface area contributed by atoms with Crippen LogP contribution in [0.1, 0.15) is 22.3 Å². The molecule has 4 N–H and O–H groups in total. The third-order valence-electron chi connectivity index (χ3n) is 5.02. The molecule has 0 saturated carbocycles. The van der Waals surface area contributed by atoms with E-state index < -0.39 is 11.1 Å². The highest BCUT2D eigenvalue weighted by atomic mass is 15.0. The lowest BCUT2D eigenvalue weighted by molar-refractivity contribution is 0.339. The summed E-state index contributed by atoms with van der Waals surface area (Å²) >= 11 is 0. The summed E-state index contributed by atoms with van der Waals surface area (Å²) in [5.41, 5.74) is 16.8. The second-order valence-corrected chi connectivity index (χ2v) is 6.36. The molecule has 0 aliphatic heterocycles. The summed E-state index contributed by atoms with van der Waals surface area (Å²) in [6.45, 7) is 0. The molecule has 2 heteroatoms. The first-order valence-corrected chi connectivity index (χ1v) is 7.93. The quantitative estimate of drug-likeness (QED) is 0.714. The summed E-state index contributed by atoms with van der Waals surface area (Å²) < 4.78 is 0. The van der Waals surface area contributed by atoms with Crippen LogP contribution < -0.4 is 11.5 Å². The molecule has 0 aromatic heterocycles. The number of benzene rings is 3. The molecule has 23 heavy (non-hydrogen) atoms. The maximum absolute atomic E-state index is 6.75. The van der Waals surface area contributed by atoms with Gasteiger partial charge in [-0.1, -0.05) is 84.9 Å². The molecule has 0 heterocycles. The predicted molar refractivity (Wildman–Crippen MR) is 94.0 cm³/mol. The van der Waals surface area contributed by atoms with Crippen LogP contribution in [-0.2, 0) is 11.8 Å². The number of hydrogen-bond donors (Lipinski definition) is 2. The maximum Gasteiger partial charge on any atom is 0.0861 e. The highest BCUT2D eigenvalue weighted by Crippen LogP contribution is 2.51. The molecule has 2 nitrogen and oxygen atoms in total. The first-order chi connectivity index (χ1) is 11.2. The molecule has 114 valence electrons. The van der Waals surface area contributed by atoms with Gasteiger partial charge in [-0.2, -0.15) is 0 Å². The lowest BCUT2D eigenvalue weighted by Gasteiger charge is -2.43.